The zero-order valence-electron chi connectivity index (χ0n) is 13.0. The highest BCUT2D eigenvalue weighted by molar-refractivity contribution is 6.01. The Hall–Kier alpha value is -2.55. The second-order valence-corrected chi connectivity index (χ2v) is 5.62. The molecule has 3 nitrogen and oxygen atoms in total. The Kier molecular flexibility index (Phi) is 3.72. The van der Waals surface area contributed by atoms with E-state index in [0.717, 1.165) is 22.3 Å². The molecule has 0 unspecified atom stereocenters. The van der Waals surface area contributed by atoms with Crippen molar-refractivity contribution in [2.45, 2.75) is 26.9 Å². The lowest BCUT2D eigenvalue weighted by atomic mass is 10.1. The van der Waals surface area contributed by atoms with Crippen LogP contribution < -0.4 is 0 Å². The molecule has 112 valence electrons. The van der Waals surface area contributed by atoms with Crippen LogP contribution >= 0.6 is 0 Å². The van der Waals surface area contributed by atoms with Gasteiger partial charge in [0.2, 0.25) is 0 Å². The lowest BCUT2D eigenvalue weighted by molar-refractivity contribution is 0.0379. The number of pyridine rings is 1. The number of aromatic nitrogens is 1. The fourth-order valence-corrected chi connectivity index (χ4v) is 2.82. The van der Waals surface area contributed by atoms with Crippen LogP contribution in [0.5, 0.6) is 0 Å². The first kappa shape index (κ1) is 14.4. The normalized spacial score (nSPS) is 11.1. The fourth-order valence-electron chi connectivity index (χ4n) is 2.82. The van der Waals surface area contributed by atoms with Gasteiger partial charge >= 0.3 is 5.97 Å². The van der Waals surface area contributed by atoms with Crippen LogP contribution in [0.15, 0.2) is 54.7 Å². The molecule has 0 atom stereocenters. The van der Waals surface area contributed by atoms with E-state index in [1.54, 1.807) is 0 Å². The molecule has 3 rings (SSSR count). The molecule has 22 heavy (non-hydrogen) atoms. The first-order chi connectivity index (χ1) is 10.6. The van der Waals surface area contributed by atoms with E-state index >= 15 is 0 Å². The van der Waals surface area contributed by atoms with Crippen LogP contribution in [0.2, 0.25) is 0 Å². The van der Waals surface area contributed by atoms with Gasteiger partial charge in [0, 0.05) is 6.20 Å². The maximum atomic E-state index is 12.5. The monoisotopic (exact) mass is 293 g/mol. The number of hydrogen-bond acceptors (Lipinski definition) is 2. The van der Waals surface area contributed by atoms with Gasteiger partial charge in [0.15, 0.2) is 0 Å². The molecule has 0 N–H and O–H groups in total. The number of ether oxygens (including phenoxy) is 1. The zero-order chi connectivity index (χ0) is 15.7. The van der Waals surface area contributed by atoms with Gasteiger partial charge in [0.25, 0.3) is 0 Å². The topological polar surface area (TPSA) is 30.7 Å². The van der Waals surface area contributed by atoms with Crippen LogP contribution in [0.3, 0.4) is 0 Å². The summed E-state index contributed by atoms with van der Waals surface area (Å²) in [5.41, 5.74) is 4.59. The predicted molar refractivity (Wildman–Crippen MR) is 88.1 cm³/mol. The van der Waals surface area contributed by atoms with E-state index < -0.39 is 0 Å². The molecule has 0 spiro atoms. The van der Waals surface area contributed by atoms with Crippen LogP contribution in [0.1, 0.15) is 29.8 Å². The Morgan fingerprint density at radius 3 is 2.41 bits per heavy atom. The van der Waals surface area contributed by atoms with E-state index in [2.05, 4.69) is 16.5 Å². The molecule has 0 aliphatic heterocycles. The van der Waals surface area contributed by atoms with E-state index in [-0.39, 0.29) is 12.1 Å². The van der Waals surface area contributed by atoms with Crippen molar-refractivity contribution in [3.8, 4) is 11.3 Å². The molecule has 0 saturated heterocycles. The number of carbonyl (C=O) groups excluding carboxylic acids is 1. The number of nitrogens with zero attached hydrogens (tertiary/aromatic N) is 1. The number of benzene rings is 1. The summed E-state index contributed by atoms with van der Waals surface area (Å²) in [4.78, 5) is 12.5. The number of carbonyl (C=O) groups is 1. The van der Waals surface area contributed by atoms with E-state index in [9.17, 15) is 4.79 Å². The van der Waals surface area contributed by atoms with E-state index in [1.165, 1.54) is 0 Å². The van der Waals surface area contributed by atoms with E-state index in [0.29, 0.717) is 5.56 Å². The first-order valence-electron chi connectivity index (χ1n) is 7.45. The highest BCUT2D eigenvalue weighted by Gasteiger charge is 2.22. The maximum absolute atomic E-state index is 12.5. The van der Waals surface area contributed by atoms with Gasteiger partial charge in [-0.3, -0.25) is 0 Å². The number of fused-ring (bicyclic) bond motifs is 1. The molecule has 2 heterocycles. The smallest absolute Gasteiger partial charge is 0.340 e. The lowest BCUT2D eigenvalue weighted by Gasteiger charge is -2.08. The Labute approximate surface area is 130 Å². The molecule has 3 aromatic rings. The van der Waals surface area contributed by atoms with Crippen molar-refractivity contribution >= 4 is 11.5 Å². The van der Waals surface area contributed by atoms with Crippen LogP contribution in [-0.4, -0.2) is 16.5 Å². The molecule has 0 aliphatic rings. The Balaban J connectivity index is 2.27. The first-order valence-corrected chi connectivity index (χ1v) is 7.45. The molecule has 0 aliphatic carbocycles. The minimum absolute atomic E-state index is 0.134. The van der Waals surface area contributed by atoms with Crippen LogP contribution in [0.4, 0.5) is 0 Å². The summed E-state index contributed by atoms with van der Waals surface area (Å²) in [5.74, 6) is -0.265. The molecular weight excluding hydrogens is 274 g/mol. The SMILES string of the molecule is Cc1c(C(=O)OC(C)C)c2ccccn2c1-c1ccccc1. The average molecular weight is 293 g/mol. The third-order valence-electron chi connectivity index (χ3n) is 3.68. The van der Waals surface area contributed by atoms with Crippen molar-refractivity contribution in [1.82, 2.24) is 4.40 Å². The summed E-state index contributed by atoms with van der Waals surface area (Å²) in [6.07, 6.45) is 1.85. The molecular formula is C19H19NO2. The standard InChI is InChI=1S/C19H19NO2/c1-13(2)22-19(21)17-14(3)18(15-9-5-4-6-10-15)20-12-8-7-11-16(17)20/h4-13H,1-3H3. The van der Waals surface area contributed by atoms with Gasteiger partial charge in [0.1, 0.15) is 0 Å². The molecule has 1 aromatic carbocycles. The van der Waals surface area contributed by atoms with Crippen molar-refractivity contribution < 1.29 is 9.53 Å². The van der Waals surface area contributed by atoms with Gasteiger partial charge in [-0.25, -0.2) is 4.79 Å². The summed E-state index contributed by atoms with van der Waals surface area (Å²) in [7, 11) is 0. The summed E-state index contributed by atoms with van der Waals surface area (Å²) in [6.45, 7) is 5.71. The summed E-state index contributed by atoms with van der Waals surface area (Å²) >= 11 is 0. The molecule has 0 fully saturated rings. The second kappa shape index (κ2) is 5.68. The van der Waals surface area contributed by atoms with E-state index in [1.807, 2.05) is 63.4 Å². The number of esters is 1. The van der Waals surface area contributed by atoms with E-state index in [4.69, 9.17) is 4.74 Å². The quantitative estimate of drug-likeness (QED) is 0.667. The van der Waals surface area contributed by atoms with Crippen molar-refractivity contribution in [3.05, 3.63) is 65.9 Å². The molecule has 0 bridgehead atoms. The zero-order valence-corrected chi connectivity index (χ0v) is 13.0. The maximum Gasteiger partial charge on any atom is 0.340 e. The number of rotatable bonds is 3. The molecule has 0 amide bonds. The Bertz CT molecular complexity index is 816. The second-order valence-electron chi connectivity index (χ2n) is 5.62. The van der Waals surface area contributed by atoms with Crippen LogP contribution in [0.25, 0.3) is 16.8 Å². The fraction of sp³-hybridized carbons (Fsp3) is 0.211. The minimum Gasteiger partial charge on any atom is -0.459 e. The molecule has 0 saturated carbocycles. The third kappa shape index (κ3) is 2.39. The van der Waals surface area contributed by atoms with Crippen molar-refractivity contribution in [2.24, 2.45) is 0 Å². The molecule has 3 heteroatoms. The van der Waals surface area contributed by atoms with Gasteiger partial charge in [-0.05, 0) is 44.0 Å². The average Bonchev–Trinajstić information content (AvgIpc) is 2.79. The summed E-state index contributed by atoms with van der Waals surface area (Å²) < 4.78 is 7.48. The van der Waals surface area contributed by atoms with Gasteiger partial charge in [-0.15, -0.1) is 0 Å². The van der Waals surface area contributed by atoms with Crippen LogP contribution in [-0.2, 0) is 4.74 Å². The highest BCUT2D eigenvalue weighted by atomic mass is 16.5. The largest absolute Gasteiger partial charge is 0.459 e. The minimum atomic E-state index is -0.265. The summed E-state index contributed by atoms with van der Waals surface area (Å²) in [6, 6.07) is 16.0. The van der Waals surface area contributed by atoms with Crippen molar-refractivity contribution in [2.75, 3.05) is 0 Å². The van der Waals surface area contributed by atoms with Gasteiger partial charge < -0.3 is 9.14 Å². The predicted octanol–water partition coefficient (Wildman–Crippen LogP) is 4.48. The summed E-state index contributed by atoms with van der Waals surface area (Å²) in [5, 5.41) is 0. The highest BCUT2D eigenvalue weighted by Crippen LogP contribution is 2.31. The van der Waals surface area contributed by atoms with Crippen molar-refractivity contribution in [3.63, 3.8) is 0 Å². The Morgan fingerprint density at radius 2 is 1.73 bits per heavy atom. The molecule has 0 radical (unpaired) electrons. The van der Waals surface area contributed by atoms with Gasteiger partial charge in [-0.2, -0.15) is 0 Å². The van der Waals surface area contributed by atoms with Gasteiger partial charge in [-0.1, -0.05) is 36.4 Å². The van der Waals surface area contributed by atoms with Crippen LogP contribution in [0, 0.1) is 6.92 Å². The lowest BCUT2D eigenvalue weighted by Crippen LogP contribution is -2.12. The molecule has 2 aromatic heterocycles. The van der Waals surface area contributed by atoms with Crippen molar-refractivity contribution in [1.29, 1.82) is 0 Å². The number of hydrogen-bond donors (Lipinski definition) is 0. The Morgan fingerprint density at radius 1 is 1.05 bits per heavy atom. The van der Waals surface area contributed by atoms with Gasteiger partial charge in [0.05, 0.1) is 22.9 Å². The third-order valence-corrected chi connectivity index (χ3v) is 3.68.